The molecule has 102 valence electrons. The quantitative estimate of drug-likeness (QED) is 0.873. The first-order valence-corrected chi connectivity index (χ1v) is 6.97. The molecular weight excluding hydrogens is 285 g/mol. The number of benzene rings is 1. The van der Waals surface area contributed by atoms with Crippen LogP contribution in [0.4, 0.5) is 0 Å². The van der Waals surface area contributed by atoms with E-state index in [1.807, 2.05) is 12.1 Å². The topological polar surface area (TPSA) is 52.3 Å². The van der Waals surface area contributed by atoms with E-state index < -0.39 is 6.04 Å². The Balaban J connectivity index is 1.78. The maximum atomic E-state index is 11.5. The van der Waals surface area contributed by atoms with Gasteiger partial charge in [-0.1, -0.05) is 29.3 Å². The number of ether oxygens (including phenoxy) is 1. The van der Waals surface area contributed by atoms with Crippen LogP contribution in [-0.4, -0.2) is 19.1 Å². The summed E-state index contributed by atoms with van der Waals surface area (Å²) < 4.78 is 4.73. The van der Waals surface area contributed by atoms with Gasteiger partial charge >= 0.3 is 5.97 Å². The van der Waals surface area contributed by atoms with Crippen LogP contribution in [0.5, 0.6) is 0 Å². The summed E-state index contributed by atoms with van der Waals surface area (Å²) in [7, 11) is 1.37. The van der Waals surface area contributed by atoms with Gasteiger partial charge < -0.3 is 10.5 Å². The molecular formula is C14H15Cl2NO2. The third-order valence-corrected chi connectivity index (χ3v) is 5.24. The van der Waals surface area contributed by atoms with Gasteiger partial charge in [0.15, 0.2) is 0 Å². The lowest BCUT2D eigenvalue weighted by Crippen LogP contribution is -2.72. The van der Waals surface area contributed by atoms with E-state index in [1.165, 1.54) is 7.11 Å². The minimum absolute atomic E-state index is 0.0872. The highest BCUT2D eigenvalue weighted by molar-refractivity contribution is 6.35. The minimum Gasteiger partial charge on any atom is -0.468 e. The standard InChI is InChI=1S/C14H15Cl2NO2/c1-19-12(18)11(17)14-5-13(6-14,7-14)9-3-2-8(15)4-10(9)16/h2-4,11H,5-7,17H2,1H3. The van der Waals surface area contributed by atoms with Crippen molar-refractivity contribution in [1.82, 2.24) is 0 Å². The van der Waals surface area contributed by atoms with Gasteiger partial charge in [-0.05, 0) is 47.8 Å². The summed E-state index contributed by atoms with van der Waals surface area (Å²) in [5.74, 6) is -0.324. The van der Waals surface area contributed by atoms with Crippen LogP contribution >= 0.6 is 23.2 Å². The number of methoxy groups -OCH3 is 1. The molecule has 1 aromatic rings. The highest BCUT2D eigenvalue weighted by Gasteiger charge is 2.72. The van der Waals surface area contributed by atoms with Gasteiger partial charge in [0.05, 0.1) is 7.11 Å². The van der Waals surface area contributed by atoms with Crippen LogP contribution in [0.25, 0.3) is 0 Å². The summed E-state index contributed by atoms with van der Waals surface area (Å²) in [6.45, 7) is 0. The van der Waals surface area contributed by atoms with Crippen LogP contribution in [0, 0.1) is 5.41 Å². The first-order chi connectivity index (χ1) is 8.92. The molecule has 3 nitrogen and oxygen atoms in total. The van der Waals surface area contributed by atoms with Gasteiger partial charge in [-0.15, -0.1) is 0 Å². The third-order valence-electron chi connectivity index (χ3n) is 4.69. The molecule has 1 atom stereocenters. The Labute approximate surface area is 122 Å². The highest BCUT2D eigenvalue weighted by Crippen LogP contribution is 2.75. The normalized spacial score (nSPS) is 33.1. The summed E-state index contributed by atoms with van der Waals surface area (Å²) >= 11 is 12.2. The van der Waals surface area contributed by atoms with Crippen molar-refractivity contribution in [2.24, 2.45) is 11.1 Å². The van der Waals surface area contributed by atoms with Crippen molar-refractivity contribution in [2.45, 2.75) is 30.7 Å². The number of carbonyl (C=O) groups excluding carboxylic acids is 1. The number of nitrogens with two attached hydrogens (primary N) is 1. The van der Waals surface area contributed by atoms with E-state index in [-0.39, 0.29) is 16.8 Å². The summed E-state index contributed by atoms with van der Waals surface area (Å²) in [6.07, 6.45) is 2.70. The number of hydrogen-bond donors (Lipinski definition) is 1. The van der Waals surface area contributed by atoms with Gasteiger partial charge in [-0.3, -0.25) is 4.79 Å². The second kappa shape index (κ2) is 4.11. The fourth-order valence-electron chi connectivity index (χ4n) is 3.78. The van der Waals surface area contributed by atoms with E-state index in [1.54, 1.807) is 6.07 Å². The molecule has 2 N–H and O–H groups in total. The fraction of sp³-hybridized carbons (Fsp3) is 0.500. The Morgan fingerprint density at radius 1 is 1.37 bits per heavy atom. The van der Waals surface area contributed by atoms with E-state index in [0.717, 1.165) is 24.8 Å². The van der Waals surface area contributed by atoms with E-state index >= 15 is 0 Å². The summed E-state index contributed by atoms with van der Waals surface area (Å²) in [5, 5.41) is 1.34. The van der Waals surface area contributed by atoms with E-state index in [4.69, 9.17) is 33.7 Å². The monoisotopic (exact) mass is 299 g/mol. The number of rotatable bonds is 3. The van der Waals surface area contributed by atoms with Gasteiger partial charge in [-0.25, -0.2) is 0 Å². The van der Waals surface area contributed by atoms with Crippen LogP contribution in [0.1, 0.15) is 24.8 Å². The largest absolute Gasteiger partial charge is 0.468 e. The van der Waals surface area contributed by atoms with Crippen LogP contribution < -0.4 is 5.73 Å². The van der Waals surface area contributed by atoms with Crippen molar-refractivity contribution < 1.29 is 9.53 Å². The SMILES string of the molecule is COC(=O)C(N)C12CC(c3ccc(Cl)cc3Cl)(C1)C2. The molecule has 1 aromatic carbocycles. The molecule has 3 aliphatic rings. The number of carbonyl (C=O) groups is 1. The smallest absolute Gasteiger partial charge is 0.323 e. The molecule has 4 rings (SSSR count). The van der Waals surface area contributed by atoms with E-state index in [0.29, 0.717) is 10.0 Å². The summed E-state index contributed by atoms with van der Waals surface area (Å²) in [6, 6.07) is 5.09. The Morgan fingerprint density at radius 3 is 2.53 bits per heavy atom. The Hall–Kier alpha value is -0.770. The predicted octanol–water partition coefficient (Wildman–Crippen LogP) is 2.92. The average Bonchev–Trinajstić information content (AvgIpc) is 2.27. The molecule has 0 spiro atoms. The molecule has 3 aliphatic carbocycles. The molecule has 3 fully saturated rings. The van der Waals surface area contributed by atoms with Gasteiger partial charge in [-0.2, -0.15) is 0 Å². The molecule has 5 heteroatoms. The molecule has 3 saturated carbocycles. The zero-order chi connectivity index (χ0) is 13.8. The predicted molar refractivity (Wildman–Crippen MR) is 74.4 cm³/mol. The first-order valence-electron chi connectivity index (χ1n) is 6.21. The number of esters is 1. The second-order valence-corrected chi connectivity index (χ2v) is 6.64. The van der Waals surface area contributed by atoms with Crippen LogP contribution in [0.3, 0.4) is 0 Å². The molecule has 1 unspecified atom stereocenters. The average molecular weight is 300 g/mol. The highest BCUT2D eigenvalue weighted by atomic mass is 35.5. The maximum Gasteiger partial charge on any atom is 0.323 e. The van der Waals surface area contributed by atoms with Gasteiger partial charge in [0.2, 0.25) is 0 Å². The third kappa shape index (κ3) is 1.72. The molecule has 19 heavy (non-hydrogen) atoms. The first kappa shape index (κ1) is 13.2. The van der Waals surface area contributed by atoms with Gasteiger partial charge in [0.1, 0.15) is 6.04 Å². The Kier molecular flexibility index (Phi) is 2.86. The molecule has 0 aliphatic heterocycles. The van der Waals surface area contributed by atoms with Crippen molar-refractivity contribution in [3.63, 3.8) is 0 Å². The van der Waals surface area contributed by atoms with Crippen LogP contribution in [-0.2, 0) is 14.9 Å². The molecule has 0 heterocycles. The lowest BCUT2D eigenvalue weighted by molar-refractivity contribution is -0.181. The van der Waals surface area contributed by atoms with Crippen LogP contribution in [0.2, 0.25) is 10.0 Å². The van der Waals surface area contributed by atoms with Crippen molar-refractivity contribution in [1.29, 1.82) is 0 Å². The van der Waals surface area contributed by atoms with Crippen molar-refractivity contribution in [3.8, 4) is 0 Å². The molecule has 0 aromatic heterocycles. The number of hydrogen-bond acceptors (Lipinski definition) is 3. The summed E-state index contributed by atoms with van der Waals surface area (Å²) in [5.41, 5.74) is 7.10. The zero-order valence-electron chi connectivity index (χ0n) is 10.6. The Morgan fingerprint density at radius 2 is 2.00 bits per heavy atom. The minimum atomic E-state index is -0.523. The Bertz CT molecular complexity index is 539. The van der Waals surface area contributed by atoms with Gasteiger partial charge in [0, 0.05) is 10.0 Å². The maximum absolute atomic E-state index is 11.5. The number of halogens is 2. The molecule has 2 bridgehead atoms. The summed E-state index contributed by atoms with van der Waals surface area (Å²) in [4.78, 5) is 11.5. The lowest BCUT2D eigenvalue weighted by atomic mass is 9.31. The van der Waals surface area contributed by atoms with Crippen LogP contribution in [0.15, 0.2) is 18.2 Å². The van der Waals surface area contributed by atoms with Crippen molar-refractivity contribution in [2.75, 3.05) is 7.11 Å². The van der Waals surface area contributed by atoms with Gasteiger partial charge in [0.25, 0.3) is 0 Å². The fourth-order valence-corrected chi connectivity index (χ4v) is 4.39. The van der Waals surface area contributed by atoms with E-state index in [2.05, 4.69) is 0 Å². The molecule has 0 amide bonds. The zero-order valence-corrected chi connectivity index (χ0v) is 12.1. The van der Waals surface area contributed by atoms with E-state index in [9.17, 15) is 4.79 Å². The van der Waals surface area contributed by atoms with Crippen molar-refractivity contribution >= 4 is 29.2 Å². The second-order valence-electron chi connectivity index (χ2n) is 5.80. The van der Waals surface area contributed by atoms with Crippen molar-refractivity contribution in [3.05, 3.63) is 33.8 Å². The lowest BCUT2D eigenvalue weighted by Gasteiger charge is -2.72. The molecule has 0 saturated heterocycles. The molecule has 0 radical (unpaired) electrons.